The minimum atomic E-state index is -3.73. The lowest BCUT2D eigenvalue weighted by Gasteiger charge is -2.20. The molecule has 0 radical (unpaired) electrons. The predicted octanol–water partition coefficient (Wildman–Crippen LogP) is 5.29. The molecule has 0 saturated carbocycles. The average Bonchev–Trinajstić information content (AvgIpc) is 3.05. The fourth-order valence-corrected chi connectivity index (χ4v) is 5.30. The van der Waals surface area contributed by atoms with Gasteiger partial charge >= 0.3 is 0 Å². The zero-order chi connectivity index (χ0) is 21.8. The summed E-state index contributed by atoms with van der Waals surface area (Å²) in [6.07, 6.45) is 4.93. The van der Waals surface area contributed by atoms with Gasteiger partial charge in [0.2, 0.25) is 0 Å². The first kappa shape index (κ1) is 21.6. The molecule has 6 nitrogen and oxygen atoms in total. The summed E-state index contributed by atoms with van der Waals surface area (Å²) in [7, 11) is -3.73. The third-order valence-electron chi connectivity index (χ3n) is 5.45. The number of rotatable bonds is 5. The summed E-state index contributed by atoms with van der Waals surface area (Å²) in [6, 6.07) is 15.9. The van der Waals surface area contributed by atoms with Gasteiger partial charge in [0.15, 0.2) is 5.82 Å². The summed E-state index contributed by atoms with van der Waals surface area (Å²) in [5.74, 6) is 0.909. The van der Waals surface area contributed by atoms with Crippen LogP contribution < -0.4 is 9.62 Å². The molecule has 2 aromatic carbocycles. The molecule has 0 amide bonds. The molecule has 0 aliphatic carbocycles. The monoisotopic (exact) mass is 456 g/mol. The fourth-order valence-electron chi connectivity index (χ4n) is 3.73. The Morgan fingerprint density at radius 3 is 2.26 bits per heavy atom. The van der Waals surface area contributed by atoms with Crippen molar-refractivity contribution >= 4 is 33.1 Å². The average molecular weight is 457 g/mol. The largest absolute Gasteiger partial charge is 0.355 e. The van der Waals surface area contributed by atoms with Gasteiger partial charge in [-0.3, -0.25) is 4.72 Å². The first-order valence-electron chi connectivity index (χ1n) is 10.4. The molecule has 1 N–H and O–H groups in total. The summed E-state index contributed by atoms with van der Waals surface area (Å²) >= 11 is 5.98. The van der Waals surface area contributed by atoms with Crippen molar-refractivity contribution in [1.82, 2.24) is 10.2 Å². The van der Waals surface area contributed by atoms with Crippen LogP contribution in [0, 0.1) is 6.92 Å². The van der Waals surface area contributed by atoms with Crippen molar-refractivity contribution in [3.8, 4) is 11.3 Å². The number of benzene rings is 2. The topological polar surface area (TPSA) is 75.2 Å². The van der Waals surface area contributed by atoms with Gasteiger partial charge in [-0.1, -0.05) is 42.6 Å². The number of aryl methyl sites for hydroxylation is 1. The van der Waals surface area contributed by atoms with Crippen molar-refractivity contribution in [3.05, 3.63) is 65.2 Å². The Balaban J connectivity index is 1.48. The lowest BCUT2D eigenvalue weighted by molar-refractivity contribution is 0.600. The summed E-state index contributed by atoms with van der Waals surface area (Å²) in [5.41, 5.74) is 2.72. The third-order valence-corrected chi connectivity index (χ3v) is 7.21. The van der Waals surface area contributed by atoms with E-state index >= 15 is 0 Å². The highest BCUT2D eigenvalue weighted by Crippen LogP contribution is 2.25. The zero-order valence-corrected chi connectivity index (χ0v) is 19.0. The highest BCUT2D eigenvalue weighted by molar-refractivity contribution is 7.92. The second-order valence-corrected chi connectivity index (χ2v) is 9.86. The van der Waals surface area contributed by atoms with E-state index in [2.05, 4.69) is 19.8 Å². The Kier molecular flexibility index (Phi) is 6.43. The molecule has 31 heavy (non-hydrogen) atoms. The Labute approximate surface area is 188 Å². The molecule has 2 heterocycles. The number of sulfonamides is 1. The van der Waals surface area contributed by atoms with Gasteiger partial charge in [0.1, 0.15) is 0 Å². The molecule has 0 bridgehead atoms. The van der Waals surface area contributed by atoms with Crippen molar-refractivity contribution < 1.29 is 8.42 Å². The summed E-state index contributed by atoms with van der Waals surface area (Å²) in [5, 5.41) is 9.17. The molecule has 1 fully saturated rings. The standard InChI is InChI=1S/C23H25ClN4O2S/c1-17-6-9-19(24)16-22(17)31(29,30)27-20-10-7-18(8-11-20)21-12-13-23(26-25-21)28-14-4-2-3-5-15-28/h6-13,16,27H,2-5,14-15H2,1H3. The third kappa shape index (κ3) is 5.17. The normalized spacial score (nSPS) is 14.8. The number of nitrogens with one attached hydrogen (secondary N) is 1. The Hall–Kier alpha value is -2.64. The number of anilines is 2. The predicted molar refractivity (Wildman–Crippen MR) is 125 cm³/mol. The maximum absolute atomic E-state index is 12.7. The molecule has 1 aliphatic rings. The van der Waals surface area contributed by atoms with Gasteiger partial charge in [-0.25, -0.2) is 8.42 Å². The fraction of sp³-hybridized carbons (Fsp3) is 0.304. The second-order valence-electron chi connectivity index (χ2n) is 7.77. The molecule has 0 spiro atoms. The van der Waals surface area contributed by atoms with E-state index in [1.165, 1.54) is 31.7 Å². The lowest BCUT2D eigenvalue weighted by Crippen LogP contribution is -2.25. The van der Waals surface area contributed by atoms with E-state index in [9.17, 15) is 8.42 Å². The maximum Gasteiger partial charge on any atom is 0.262 e. The van der Waals surface area contributed by atoms with Crippen LogP contribution in [0.2, 0.25) is 5.02 Å². The van der Waals surface area contributed by atoms with Crippen molar-refractivity contribution in [2.75, 3.05) is 22.7 Å². The molecule has 0 unspecified atom stereocenters. The van der Waals surface area contributed by atoms with Crippen LogP contribution in [0.4, 0.5) is 11.5 Å². The van der Waals surface area contributed by atoms with E-state index < -0.39 is 10.0 Å². The van der Waals surface area contributed by atoms with Gasteiger partial charge in [0.05, 0.1) is 10.6 Å². The van der Waals surface area contributed by atoms with Crippen LogP contribution in [-0.2, 0) is 10.0 Å². The van der Waals surface area contributed by atoms with Crippen LogP contribution in [0.15, 0.2) is 59.5 Å². The number of nitrogens with zero attached hydrogens (tertiary/aromatic N) is 3. The number of hydrogen-bond acceptors (Lipinski definition) is 5. The van der Waals surface area contributed by atoms with E-state index in [4.69, 9.17) is 11.6 Å². The smallest absolute Gasteiger partial charge is 0.262 e. The SMILES string of the molecule is Cc1ccc(Cl)cc1S(=O)(=O)Nc1ccc(-c2ccc(N3CCCCCC3)nn2)cc1. The number of hydrogen-bond donors (Lipinski definition) is 1. The van der Waals surface area contributed by atoms with Gasteiger partial charge in [-0.05, 0) is 61.7 Å². The number of halogens is 1. The van der Waals surface area contributed by atoms with E-state index in [-0.39, 0.29) is 4.90 Å². The molecule has 1 aromatic heterocycles. The second kappa shape index (κ2) is 9.24. The van der Waals surface area contributed by atoms with Crippen LogP contribution in [0.1, 0.15) is 31.2 Å². The van der Waals surface area contributed by atoms with Gasteiger partial charge in [-0.15, -0.1) is 10.2 Å². The molecule has 162 valence electrons. The molecule has 3 aromatic rings. The highest BCUT2D eigenvalue weighted by atomic mass is 35.5. The van der Waals surface area contributed by atoms with Gasteiger partial charge < -0.3 is 4.90 Å². The van der Waals surface area contributed by atoms with Crippen molar-refractivity contribution in [2.24, 2.45) is 0 Å². The van der Waals surface area contributed by atoms with Crippen molar-refractivity contribution in [3.63, 3.8) is 0 Å². The van der Waals surface area contributed by atoms with Gasteiger partial charge in [0.25, 0.3) is 10.0 Å². The van der Waals surface area contributed by atoms with Crippen LogP contribution in [0.3, 0.4) is 0 Å². The first-order chi connectivity index (χ1) is 14.9. The first-order valence-corrected chi connectivity index (χ1v) is 12.3. The Morgan fingerprint density at radius 2 is 1.61 bits per heavy atom. The molecule has 1 saturated heterocycles. The molecule has 8 heteroatoms. The van der Waals surface area contributed by atoms with Crippen LogP contribution in [0.25, 0.3) is 11.3 Å². The summed E-state index contributed by atoms with van der Waals surface area (Å²) < 4.78 is 28.1. The lowest BCUT2D eigenvalue weighted by atomic mass is 10.1. The molecule has 4 rings (SSSR count). The molecular formula is C23H25ClN4O2S. The van der Waals surface area contributed by atoms with E-state index in [1.54, 1.807) is 31.2 Å². The van der Waals surface area contributed by atoms with Crippen molar-refractivity contribution in [2.45, 2.75) is 37.5 Å². The van der Waals surface area contributed by atoms with Gasteiger partial charge in [-0.2, -0.15) is 0 Å². The quantitative estimate of drug-likeness (QED) is 0.564. The van der Waals surface area contributed by atoms with E-state index in [0.717, 1.165) is 30.2 Å². The molecule has 0 atom stereocenters. The Bertz CT molecular complexity index is 1140. The minimum Gasteiger partial charge on any atom is -0.355 e. The zero-order valence-electron chi connectivity index (χ0n) is 17.4. The van der Waals surface area contributed by atoms with Crippen LogP contribution in [0.5, 0.6) is 0 Å². The van der Waals surface area contributed by atoms with Crippen LogP contribution >= 0.6 is 11.6 Å². The Morgan fingerprint density at radius 1 is 0.903 bits per heavy atom. The summed E-state index contributed by atoms with van der Waals surface area (Å²) in [6.45, 7) is 3.78. The maximum atomic E-state index is 12.7. The van der Waals surface area contributed by atoms with E-state index in [1.807, 2.05) is 24.3 Å². The molecular weight excluding hydrogens is 432 g/mol. The van der Waals surface area contributed by atoms with Gasteiger partial charge in [0, 0.05) is 29.4 Å². The van der Waals surface area contributed by atoms with E-state index in [0.29, 0.717) is 16.3 Å². The highest BCUT2D eigenvalue weighted by Gasteiger charge is 2.18. The minimum absolute atomic E-state index is 0.166. The number of aromatic nitrogens is 2. The molecule has 1 aliphatic heterocycles. The van der Waals surface area contributed by atoms with Crippen molar-refractivity contribution in [1.29, 1.82) is 0 Å². The van der Waals surface area contributed by atoms with Crippen LogP contribution in [-0.4, -0.2) is 31.7 Å². The summed E-state index contributed by atoms with van der Waals surface area (Å²) in [4.78, 5) is 2.46.